The van der Waals surface area contributed by atoms with E-state index in [4.69, 9.17) is 29.1 Å². The maximum absolute atomic E-state index is 13.1. The first-order valence-corrected chi connectivity index (χ1v) is 11.9. The van der Waals surface area contributed by atoms with Crippen LogP contribution in [0.2, 0.25) is 0 Å². The zero-order valence-electron chi connectivity index (χ0n) is 19.8. The van der Waals surface area contributed by atoms with Gasteiger partial charge in [0.15, 0.2) is 5.76 Å². The predicted octanol–water partition coefficient (Wildman–Crippen LogP) is 2.36. The molecule has 5 rings (SSSR count). The van der Waals surface area contributed by atoms with Crippen molar-refractivity contribution >= 4 is 28.2 Å². The Hall–Kier alpha value is -4.43. The third-order valence-electron chi connectivity index (χ3n) is 5.52. The smallest absolute Gasteiger partial charge is 0.379 e. The highest BCUT2D eigenvalue weighted by atomic mass is 32.1. The Morgan fingerprint density at radius 3 is 2.62 bits per heavy atom. The zero-order chi connectivity index (χ0) is 25.9. The topological polar surface area (TPSA) is 166 Å². The van der Waals surface area contributed by atoms with E-state index in [1.165, 1.54) is 31.2 Å². The number of nitrogens with two attached hydrogens (primary N) is 1. The lowest BCUT2D eigenvalue weighted by atomic mass is 10.0. The van der Waals surface area contributed by atoms with E-state index in [9.17, 15) is 9.59 Å². The van der Waals surface area contributed by atoms with E-state index >= 15 is 0 Å². The number of amides is 1. The highest BCUT2D eigenvalue weighted by molar-refractivity contribution is 7.17. The molecule has 1 aliphatic rings. The number of nitrogens with zero attached hydrogens (tertiary/aromatic N) is 4. The van der Waals surface area contributed by atoms with Crippen molar-refractivity contribution in [2.24, 2.45) is 0 Å². The van der Waals surface area contributed by atoms with E-state index in [2.05, 4.69) is 20.6 Å². The summed E-state index contributed by atoms with van der Waals surface area (Å²) in [4.78, 5) is 26.1. The molecule has 0 saturated carbocycles. The Morgan fingerprint density at radius 1 is 1.24 bits per heavy atom. The first kappa shape index (κ1) is 24.3. The molecule has 14 heteroatoms. The average molecular weight is 527 g/mol. The average Bonchev–Trinajstić information content (AvgIpc) is 3.51. The number of benzene rings is 1. The number of nitrogens with one attached hydrogen (secondary N) is 1. The summed E-state index contributed by atoms with van der Waals surface area (Å²) < 4.78 is 28.9. The van der Waals surface area contributed by atoms with Crippen LogP contribution in [0.3, 0.4) is 0 Å². The molecule has 1 atom stereocenters. The molecule has 3 aromatic heterocycles. The van der Waals surface area contributed by atoms with E-state index in [1.54, 1.807) is 24.3 Å². The van der Waals surface area contributed by atoms with Crippen molar-refractivity contribution in [2.75, 3.05) is 38.5 Å². The van der Waals surface area contributed by atoms with E-state index < -0.39 is 11.5 Å². The number of carbonyl (C=O) groups excluding carboxylic acids is 1. The Labute approximate surface area is 213 Å². The summed E-state index contributed by atoms with van der Waals surface area (Å²) in [6.45, 7) is 0.778. The van der Waals surface area contributed by atoms with Gasteiger partial charge in [0.2, 0.25) is 16.0 Å². The van der Waals surface area contributed by atoms with Gasteiger partial charge in [-0.25, -0.2) is 4.79 Å². The molecule has 1 amide bonds. The van der Waals surface area contributed by atoms with Crippen LogP contribution in [0.4, 0.5) is 10.9 Å². The number of anilines is 2. The van der Waals surface area contributed by atoms with Crippen LogP contribution in [-0.2, 0) is 4.74 Å². The second-order valence-corrected chi connectivity index (χ2v) is 8.74. The van der Waals surface area contributed by atoms with Gasteiger partial charge >= 0.3 is 5.63 Å². The predicted molar refractivity (Wildman–Crippen MR) is 133 cm³/mol. The van der Waals surface area contributed by atoms with Crippen molar-refractivity contribution in [1.29, 1.82) is 0 Å². The lowest BCUT2D eigenvalue weighted by molar-refractivity contribution is -0.0724. The van der Waals surface area contributed by atoms with Gasteiger partial charge < -0.3 is 29.1 Å². The molecule has 0 bridgehead atoms. The van der Waals surface area contributed by atoms with Gasteiger partial charge in [-0.3, -0.25) is 10.1 Å². The molecule has 1 aromatic carbocycles. The molecule has 3 N–H and O–H groups in total. The normalized spacial score (nSPS) is 14.6. The number of carbonyl (C=O) groups is 1. The maximum atomic E-state index is 13.1. The molecular formula is C23H22N6O7S. The number of nitrogen functional groups attached to an aromatic ring is 1. The minimum absolute atomic E-state index is 0.0952. The minimum atomic E-state index is -0.850. The molecule has 0 spiro atoms. The number of hydrogen-bond donors (Lipinski definition) is 2. The molecule has 1 aliphatic heterocycles. The molecule has 0 aliphatic carbocycles. The number of rotatable bonds is 9. The minimum Gasteiger partial charge on any atom is -0.496 e. The third-order valence-corrected chi connectivity index (χ3v) is 6.34. The summed E-state index contributed by atoms with van der Waals surface area (Å²) in [6, 6.07) is 8.14. The van der Waals surface area contributed by atoms with Gasteiger partial charge in [0.25, 0.3) is 5.91 Å². The fraction of sp³-hybridized carbons (Fsp3) is 0.261. The summed E-state index contributed by atoms with van der Waals surface area (Å²) in [5, 5.41) is 15.1. The summed E-state index contributed by atoms with van der Waals surface area (Å²) in [6.07, 6.45) is 2.19. The Morgan fingerprint density at radius 2 is 2.00 bits per heavy atom. The van der Waals surface area contributed by atoms with Crippen LogP contribution in [0.1, 0.15) is 17.0 Å². The lowest BCUT2D eigenvalue weighted by Crippen LogP contribution is -2.33. The van der Waals surface area contributed by atoms with Crippen LogP contribution in [0.5, 0.6) is 17.2 Å². The molecule has 13 nitrogen and oxygen atoms in total. The summed E-state index contributed by atoms with van der Waals surface area (Å²) in [7, 11) is 2.97. The van der Waals surface area contributed by atoms with Crippen LogP contribution in [0.15, 0.2) is 45.7 Å². The first-order valence-electron chi connectivity index (χ1n) is 11.1. The molecule has 1 saturated heterocycles. The van der Waals surface area contributed by atoms with Gasteiger partial charge in [-0.2, -0.15) is 9.78 Å². The first-order chi connectivity index (χ1) is 18.0. The molecule has 0 radical (unpaired) electrons. The van der Waals surface area contributed by atoms with Crippen molar-refractivity contribution in [3.63, 3.8) is 0 Å². The quantitative estimate of drug-likeness (QED) is 0.329. The Kier molecular flexibility index (Phi) is 6.74. The number of aromatic nitrogens is 4. The molecular weight excluding hydrogens is 504 g/mol. The third kappa shape index (κ3) is 4.83. The molecule has 37 heavy (non-hydrogen) atoms. The number of hydrogen-bond acceptors (Lipinski definition) is 12. The highest BCUT2D eigenvalue weighted by Crippen LogP contribution is 2.42. The van der Waals surface area contributed by atoms with Gasteiger partial charge in [-0.05, 0) is 18.2 Å². The molecule has 4 heterocycles. The van der Waals surface area contributed by atoms with Gasteiger partial charge in [0.1, 0.15) is 23.9 Å². The summed E-state index contributed by atoms with van der Waals surface area (Å²) in [5.74, 6) is 0.0755. The van der Waals surface area contributed by atoms with E-state index in [1.807, 2.05) is 0 Å². The van der Waals surface area contributed by atoms with Crippen molar-refractivity contribution in [3.8, 4) is 33.5 Å². The molecule has 0 unspecified atom stereocenters. The van der Waals surface area contributed by atoms with Crippen LogP contribution in [0, 0.1) is 0 Å². The van der Waals surface area contributed by atoms with Gasteiger partial charge in [0, 0.05) is 24.7 Å². The van der Waals surface area contributed by atoms with E-state index in [-0.39, 0.29) is 34.9 Å². The van der Waals surface area contributed by atoms with Crippen molar-refractivity contribution in [3.05, 3.63) is 52.7 Å². The zero-order valence-corrected chi connectivity index (χ0v) is 20.6. The highest BCUT2D eigenvalue weighted by Gasteiger charge is 2.26. The summed E-state index contributed by atoms with van der Waals surface area (Å²) in [5.41, 5.74) is 5.68. The SMILES string of the molecule is COc1cccc(OC)c1-c1cc(C(=O)Nc2nnc(-n3nccc3N)s2)oc(=O)c1OC[C@@H]1CCO1. The van der Waals surface area contributed by atoms with Gasteiger partial charge in [-0.15, -0.1) is 10.2 Å². The van der Waals surface area contributed by atoms with E-state index in [0.29, 0.717) is 34.6 Å². The van der Waals surface area contributed by atoms with Gasteiger partial charge in [0.05, 0.1) is 32.1 Å². The lowest BCUT2D eigenvalue weighted by Gasteiger charge is -2.26. The monoisotopic (exact) mass is 526 g/mol. The maximum Gasteiger partial charge on any atom is 0.379 e. The number of methoxy groups -OCH3 is 2. The van der Waals surface area contributed by atoms with Crippen LogP contribution < -0.4 is 30.9 Å². The fourth-order valence-electron chi connectivity index (χ4n) is 3.61. The second kappa shape index (κ2) is 10.3. The van der Waals surface area contributed by atoms with Crippen molar-refractivity contribution in [1.82, 2.24) is 20.0 Å². The molecule has 1 fully saturated rings. The fourth-order valence-corrected chi connectivity index (χ4v) is 4.33. The van der Waals surface area contributed by atoms with Gasteiger partial charge in [-0.1, -0.05) is 17.4 Å². The largest absolute Gasteiger partial charge is 0.496 e. The number of ether oxygens (including phenoxy) is 4. The molecule has 4 aromatic rings. The van der Waals surface area contributed by atoms with Crippen molar-refractivity contribution < 1.29 is 28.2 Å². The summed E-state index contributed by atoms with van der Waals surface area (Å²) >= 11 is 1.04. The second-order valence-electron chi connectivity index (χ2n) is 7.78. The van der Waals surface area contributed by atoms with Crippen molar-refractivity contribution in [2.45, 2.75) is 12.5 Å². The van der Waals surface area contributed by atoms with Crippen LogP contribution in [0.25, 0.3) is 16.3 Å². The Bertz CT molecular complexity index is 1470. The standard InChI is InChI=1S/C23H22N6O7S/c1-32-14-4-3-5-15(33-2)18(14)13-10-16(36-21(31)19(13)35-11-12-7-9-34-12)20(30)26-22-27-28-23(37-22)29-17(24)6-8-25-29/h3-6,8,10,12H,7,9,11,24H2,1-2H3,(H,26,27,30)/t12-/m0/s1. The molecule has 192 valence electrons. The van der Waals surface area contributed by atoms with E-state index in [0.717, 1.165) is 17.8 Å². The van der Waals surface area contributed by atoms with Crippen LogP contribution >= 0.6 is 11.3 Å². The van der Waals surface area contributed by atoms with Crippen LogP contribution in [-0.4, -0.2) is 59.4 Å². The Balaban J connectivity index is 1.51.